The van der Waals surface area contributed by atoms with Crippen molar-refractivity contribution in [1.82, 2.24) is 9.55 Å². The second-order valence-electron chi connectivity index (χ2n) is 2.99. The summed E-state index contributed by atoms with van der Waals surface area (Å²) in [5.41, 5.74) is 1.05. The highest BCUT2D eigenvalue weighted by Gasteiger charge is 2.17. The first kappa shape index (κ1) is 7.34. The van der Waals surface area contributed by atoms with Gasteiger partial charge in [-0.3, -0.25) is 0 Å². The van der Waals surface area contributed by atoms with Crippen LogP contribution in [0, 0.1) is 0 Å². The summed E-state index contributed by atoms with van der Waals surface area (Å²) in [6.45, 7) is 0.803. The molecule has 1 aliphatic rings. The molecule has 0 saturated carbocycles. The molecule has 0 radical (unpaired) electrons. The number of aromatic nitrogens is 2. The average molecular weight is 166 g/mol. The van der Waals surface area contributed by atoms with Crippen LogP contribution in [-0.2, 0) is 13.0 Å². The summed E-state index contributed by atoms with van der Waals surface area (Å²) >= 11 is 0. The van der Waals surface area contributed by atoms with Crippen LogP contribution in [0.4, 0.5) is 0 Å². The van der Waals surface area contributed by atoms with Crippen LogP contribution in [0.3, 0.4) is 0 Å². The summed E-state index contributed by atoms with van der Waals surface area (Å²) in [5.74, 6) is -0.743. The van der Waals surface area contributed by atoms with Gasteiger partial charge < -0.3 is 9.67 Å². The smallest absolute Gasteiger partial charge is 0.372 e. The molecular weight excluding hydrogens is 156 g/mol. The monoisotopic (exact) mass is 166 g/mol. The van der Waals surface area contributed by atoms with Gasteiger partial charge in [0.15, 0.2) is 0 Å². The lowest BCUT2D eigenvalue weighted by Crippen LogP contribution is -2.15. The number of carboxylic acids is 1. The van der Waals surface area contributed by atoms with Crippen LogP contribution in [0.5, 0.6) is 0 Å². The summed E-state index contributed by atoms with van der Waals surface area (Å²) in [4.78, 5) is 14.5. The van der Waals surface area contributed by atoms with Crippen molar-refractivity contribution in [3.05, 3.63) is 17.7 Å². The molecule has 64 valence electrons. The lowest BCUT2D eigenvalue weighted by atomic mass is 10.1. The highest BCUT2D eigenvalue weighted by Crippen LogP contribution is 2.16. The number of rotatable bonds is 1. The molecule has 2 rings (SSSR count). The Morgan fingerprint density at radius 3 is 3.17 bits per heavy atom. The number of imidazole rings is 1. The van der Waals surface area contributed by atoms with Crippen molar-refractivity contribution in [3.8, 4) is 0 Å². The maximum absolute atomic E-state index is 10.7. The van der Waals surface area contributed by atoms with E-state index in [1.54, 1.807) is 10.8 Å². The maximum atomic E-state index is 10.7. The minimum Gasteiger partial charge on any atom is -0.475 e. The summed E-state index contributed by atoms with van der Waals surface area (Å²) in [7, 11) is 0. The van der Waals surface area contributed by atoms with E-state index in [1.165, 1.54) is 0 Å². The second kappa shape index (κ2) is 2.62. The standard InChI is InChI=1S/C8H10N2O2/c11-8(12)7-9-5-6-3-1-2-4-10(6)7/h5H,1-4H2,(H,11,12). The van der Waals surface area contributed by atoms with E-state index in [0.717, 1.165) is 31.5 Å². The third kappa shape index (κ3) is 0.995. The number of fused-ring (bicyclic) bond motifs is 1. The van der Waals surface area contributed by atoms with E-state index < -0.39 is 5.97 Å². The summed E-state index contributed by atoms with van der Waals surface area (Å²) in [6.07, 6.45) is 4.83. The summed E-state index contributed by atoms with van der Waals surface area (Å²) in [6, 6.07) is 0. The van der Waals surface area contributed by atoms with Gasteiger partial charge >= 0.3 is 5.97 Å². The fourth-order valence-electron chi connectivity index (χ4n) is 1.61. The van der Waals surface area contributed by atoms with Gasteiger partial charge in [0.05, 0.1) is 0 Å². The second-order valence-corrected chi connectivity index (χ2v) is 2.99. The summed E-state index contributed by atoms with van der Waals surface area (Å²) in [5, 5.41) is 8.75. The molecule has 1 aromatic rings. The number of hydrogen-bond acceptors (Lipinski definition) is 2. The first-order chi connectivity index (χ1) is 5.79. The van der Waals surface area contributed by atoms with Gasteiger partial charge in [0.25, 0.3) is 0 Å². The molecule has 0 unspecified atom stereocenters. The number of carboxylic acid groups (broad SMARTS) is 1. The highest BCUT2D eigenvalue weighted by atomic mass is 16.4. The highest BCUT2D eigenvalue weighted by molar-refractivity contribution is 5.83. The van der Waals surface area contributed by atoms with Crippen LogP contribution >= 0.6 is 0 Å². The van der Waals surface area contributed by atoms with E-state index in [-0.39, 0.29) is 5.82 Å². The lowest BCUT2D eigenvalue weighted by Gasteiger charge is -2.14. The molecule has 2 heterocycles. The molecule has 1 aromatic heterocycles. The van der Waals surface area contributed by atoms with Crippen molar-refractivity contribution in [2.45, 2.75) is 25.8 Å². The van der Waals surface area contributed by atoms with Crippen LogP contribution in [0.25, 0.3) is 0 Å². The van der Waals surface area contributed by atoms with Crippen molar-refractivity contribution >= 4 is 5.97 Å². The zero-order chi connectivity index (χ0) is 8.55. The van der Waals surface area contributed by atoms with Crippen molar-refractivity contribution in [2.24, 2.45) is 0 Å². The fraction of sp³-hybridized carbons (Fsp3) is 0.500. The third-order valence-electron chi connectivity index (χ3n) is 2.19. The number of carbonyl (C=O) groups is 1. The Bertz CT molecular complexity index is 317. The Morgan fingerprint density at radius 2 is 2.42 bits per heavy atom. The fourth-order valence-corrected chi connectivity index (χ4v) is 1.61. The molecule has 12 heavy (non-hydrogen) atoms. The van der Waals surface area contributed by atoms with E-state index in [2.05, 4.69) is 4.98 Å². The molecule has 0 aliphatic carbocycles. The van der Waals surface area contributed by atoms with Gasteiger partial charge in [0.2, 0.25) is 5.82 Å². The first-order valence-electron chi connectivity index (χ1n) is 4.07. The van der Waals surface area contributed by atoms with Crippen LogP contribution in [-0.4, -0.2) is 20.6 Å². The molecule has 1 N–H and O–H groups in total. The molecule has 0 fully saturated rings. The minimum absolute atomic E-state index is 0.185. The molecule has 0 bridgehead atoms. The van der Waals surface area contributed by atoms with E-state index in [9.17, 15) is 4.79 Å². The summed E-state index contributed by atoms with van der Waals surface area (Å²) < 4.78 is 1.80. The van der Waals surface area contributed by atoms with Crippen LogP contribution in [0.1, 0.15) is 29.2 Å². The first-order valence-corrected chi connectivity index (χ1v) is 4.07. The number of aromatic carboxylic acids is 1. The Labute approximate surface area is 69.8 Å². The molecule has 0 saturated heterocycles. The lowest BCUT2D eigenvalue weighted by molar-refractivity contribution is 0.0677. The zero-order valence-electron chi connectivity index (χ0n) is 6.66. The van der Waals surface area contributed by atoms with Gasteiger partial charge in [-0.25, -0.2) is 9.78 Å². The van der Waals surface area contributed by atoms with Crippen molar-refractivity contribution in [3.63, 3.8) is 0 Å². The minimum atomic E-state index is -0.928. The SMILES string of the molecule is O=C(O)c1ncc2n1CCCC2. The molecule has 1 aliphatic heterocycles. The third-order valence-corrected chi connectivity index (χ3v) is 2.19. The van der Waals surface area contributed by atoms with Gasteiger partial charge in [0, 0.05) is 18.4 Å². The normalized spacial score (nSPS) is 15.7. The molecule has 0 atom stereocenters. The van der Waals surface area contributed by atoms with E-state index in [0.29, 0.717) is 0 Å². The van der Waals surface area contributed by atoms with Gasteiger partial charge in [0.1, 0.15) is 0 Å². The maximum Gasteiger partial charge on any atom is 0.372 e. The Kier molecular flexibility index (Phi) is 1.60. The van der Waals surface area contributed by atoms with Gasteiger partial charge in [-0.2, -0.15) is 0 Å². The van der Waals surface area contributed by atoms with Crippen LogP contribution in [0.2, 0.25) is 0 Å². The molecule has 0 aromatic carbocycles. The van der Waals surface area contributed by atoms with E-state index >= 15 is 0 Å². The number of aryl methyl sites for hydroxylation is 1. The molecule has 4 nitrogen and oxygen atoms in total. The zero-order valence-corrected chi connectivity index (χ0v) is 6.66. The molecule has 0 spiro atoms. The van der Waals surface area contributed by atoms with E-state index in [1.807, 2.05) is 0 Å². The largest absolute Gasteiger partial charge is 0.475 e. The Morgan fingerprint density at radius 1 is 1.58 bits per heavy atom. The van der Waals surface area contributed by atoms with E-state index in [4.69, 9.17) is 5.11 Å². The van der Waals surface area contributed by atoms with Crippen molar-refractivity contribution < 1.29 is 9.90 Å². The topological polar surface area (TPSA) is 55.1 Å². The molecule has 0 amide bonds. The number of nitrogens with zero attached hydrogens (tertiary/aromatic N) is 2. The quantitative estimate of drug-likeness (QED) is 0.674. The van der Waals surface area contributed by atoms with Crippen LogP contribution in [0.15, 0.2) is 6.20 Å². The van der Waals surface area contributed by atoms with Crippen LogP contribution < -0.4 is 0 Å². The number of hydrogen-bond donors (Lipinski definition) is 1. The average Bonchev–Trinajstić information content (AvgIpc) is 2.47. The Balaban J connectivity index is 2.44. The van der Waals surface area contributed by atoms with Crippen molar-refractivity contribution in [1.29, 1.82) is 0 Å². The van der Waals surface area contributed by atoms with Gasteiger partial charge in [-0.05, 0) is 19.3 Å². The van der Waals surface area contributed by atoms with Crippen molar-refractivity contribution in [2.75, 3.05) is 0 Å². The van der Waals surface area contributed by atoms with Gasteiger partial charge in [-0.1, -0.05) is 0 Å². The van der Waals surface area contributed by atoms with Gasteiger partial charge in [-0.15, -0.1) is 0 Å². The molecular formula is C8H10N2O2. The predicted octanol–water partition coefficient (Wildman–Crippen LogP) is 0.918. The predicted molar refractivity (Wildman–Crippen MR) is 42.1 cm³/mol. The molecule has 4 heteroatoms. The Hall–Kier alpha value is -1.32.